The summed E-state index contributed by atoms with van der Waals surface area (Å²) in [6, 6.07) is 10.1. The largest absolute Gasteiger partial charge is 0.503 e. The summed E-state index contributed by atoms with van der Waals surface area (Å²) in [4.78, 5) is 38.3. The maximum Gasteiger partial charge on any atom is 0.294 e. The molecule has 0 radical (unpaired) electrons. The molecule has 1 aliphatic rings. The summed E-state index contributed by atoms with van der Waals surface area (Å²) in [5, 5.41) is 12.1. The summed E-state index contributed by atoms with van der Waals surface area (Å²) in [5.41, 5.74) is 1.12. The van der Waals surface area contributed by atoms with Crippen LogP contribution in [-0.2, 0) is 9.59 Å². The first kappa shape index (κ1) is 22.4. The summed E-state index contributed by atoms with van der Waals surface area (Å²) >= 11 is 7.30. The van der Waals surface area contributed by atoms with E-state index >= 15 is 0 Å². The lowest BCUT2D eigenvalue weighted by Gasteiger charge is -2.12. The van der Waals surface area contributed by atoms with Crippen LogP contribution in [0.4, 0.5) is 10.5 Å². The first-order valence-electron chi connectivity index (χ1n) is 8.74. The normalized spacial score (nSPS) is 15.0. The van der Waals surface area contributed by atoms with Gasteiger partial charge in [0.2, 0.25) is 5.91 Å². The van der Waals surface area contributed by atoms with E-state index in [1.807, 2.05) is 0 Å². The minimum atomic E-state index is -0.557. The van der Waals surface area contributed by atoms with Gasteiger partial charge in [0.1, 0.15) is 6.54 Å². The highest BCUT2D eigenvalue weighted by Crippen LogP contribution is 2.38. The number of nitrogens with zero attached hydrogens (tertiary/aromatic N) is 1. The molecule has 1 fully saturated rings. The molecule has 0 bridgehead atoms. The average Bonchev–Trinajstić information content (AvgIpc) is 2.95. The van der Waals surface area contributed by atoms with E-state index in [2.05, 4.69) is 37.2 Å². The molecular formula is C20H16Br2N2O5S. The van der Waals surface area contributed by atoms with Crippen LogP contribution in [0.1, 0.15) is 12.5 Å². The topological polar surface area (TPSA) is 95.9 Å². The number of ether oxygens (including phenoxy) is 1. The maximum absolute atomic E-state index is 12.7. The van der Waals surface area contributed by atoms with Crippen molar-refractivity contribution in [2.75, 3.05) is 18.5 Å². The summed E-state index contributed by atoms with van der Waals surface area (Å²) < 4.78 is 6.64. The Balaban J connectivity index is 1.74. The number of nitrogens with one attached hydrogen (secondary N) is 1. The number of rotatable bonds is 6. The highest BCUT2D eigenvalue weighted by Gasteiger charge is 2.36. The lowest BCUT2D eigenvalue weighted by molar-refractivity contribution is -0.127. The summed E-state index contributed by atoms with van der Waals surface area (Å²) in [6.45, 7) is 1.75. The fourth-order valence-electron chi connectivity index (χ4n) is 2.61. The van der Waals surface area contributed by atoms with Crippen LogP contribution < -0.4 is 10.1 Å². The van der Waals surface area contributed by atoms with E-state index < -0.39 is 17.1 Å². The van der Waals surface area contributed by atoms with Gasteiger partial charge in [0.15, 0.2) is 11.5 Å². The number of phenols is 1. The number of aromatic hydroxyl groups is 1. The van der Waals surface area contributed by atoms with Gasteiger partial charge in [-0.2, -0.15) is 0 Å². The Labute approximate surface area is 193 Å². The molecule has 0 atom stereocenters. The molecule has 3 amide bonds. The summed E-state index contributed by atoms with van der Waals surface area (Å²) in [7, 11) is 0. The standard InChI is InChI=1S/C20H16Br2N2O5S/c1-2-29-15-8-11(7-14(22)18(15)26)9-16-19(27)24(20(28)30-16)10-17(25)23-13-5-3-12(21)4-6-13/h3-9,26H,2,10H2,1H3,(H,23,25)/b16-9+. The molecule has 1 heterocycles. The fourth-order valence-corrected chi connectivity index (χ4v) is 4.17. The minimum absolute atomic E-state index is 0.0493. The van der Waals surface area contributed by atoms with E-state index in [4.69, 9.17) is 4.74 Å². The number of hydrogen-bond acceptors (Lipinski definition) is 6. The Bertz CT molecular complexity index is 1040. The quantitative estimate of drug-likeness (QED) is 0.487. The summed E-state index contributed by atoms with van der Waals surface area (Å²) in [5.74, 6) is -0.831. The monoisotopic (exact) mass is 554 g/mol. The summed E-state index contributed by atoms with van der Waals surface area (Å²) in [6.07, 6.45) is 1.52. The first-order chi connectivity index (χ1) is 14.3. The molecule has 7 nitrogen and oxygen atoms in total. The van der Waals surface area contributed by atoms with E-state index in [1.165, 1.54) is 6.08 Å². The number of halogens is 2. The van der Waals surface area contributed by atoms with Crippen LogP contribution in [0, 0.1) is 0 Å². The molecule has 3 rings (SSSR count). The van der Waals surface area contributed by atoms with Gasteiger partial charge in [-0.3, -0.25) is 19.3 Å². The van der Waals surface area contributed by atoms with E-state index in [-0.39, 0.29) is 22.9 Å². The molecular weight excluding hydrogens is 540 g/mol. The third-order valence-corrected chi connectivity index (χ3v) is 5.99. The van der Waals surface area contributed by atoms with Crippen LogP contribution in [0.3, 0.4) is 0 Å². The van der Waals surface area contributed by atoms with Crippen molar-refractivity contribution >= 4 is 72.4 Å². The van der Waals surface area contributed by atoms with Gasteiger partial charge in [0.25, 0.3) is 11.1 Å². The highest BCUT2D eigenvalue weighted by molar-refractivity contribution is 9.10. The van der Waals surface area contributed by atoms with Gasteiger partial charge in [0, 0.05) is 10.2 Å². The molecule has 1 aliphatic heterocycles. The molecule has 0 aromatic heterocycles. The first-order valence-corrected chi connectivity index (χ1v) is 11.1. The molecule has 1 saturated heterocycles. The number of hydrogen-bond donors (Lipinski definition) is 2. The zero-order valence-corrected chi connectivity index (χ0v) is 19.6. The van der Waals surface area contributed by atoms with Crippen molar-refractivity contribution in [1.82, 2.24) is 4.90 Å². The van der Waals surface area contributed by atoms with Gasteiger partial charge in [-0.1, -0.05) is 15.9 Å². The molecule has 0 aliphatic carbocycles. The number of benzene rings is 2. The van der Waals surface area contributed by atoms with Gasteiger partial charge >= 0.3 is 0 Å². The lowest BCUT2D eigenvalue weighted by Crippen LogP contribution is -2.36. The number of thioether (sulfide) groups is 1. The molecule has 0 unspecified atom stereocenters. The number of carbonyl (C=O) groups is 3. The highest BCUT2D eigenvalue weighted by atomic mass is 79.9. The van der Waals surface area contributed by atoms with Crippen LogP contribution in [0.5, 0.6) is 11.5 Å². The van der Waals surface area contributed by atoms with Crippen LogP contribution in [0.25, 0.3) is 6.08 Å². The molecule has 2 N–H and O–H groups in total. The second kappa shape index (κ2) is 9.67. The Hall–Kier alpha value is -2.30. The number of amides is 3. The molecule has 10 heteroatoms. The zero-order valence-electron chi connectivity index (χ0n) is 15.6. The smallest absolute Gasteiger partial charge is 0.294 e. The van der Waals surface area contributed by atoms with Crippen LogP contribution in [0.15, 0.2) is 50.2 Å². The third kappa shape index (κ3) is 5.24. The van der Waals surface area contributed by atoms with Crippen molar-refractivity contribution < 1.29 is 24.2 Å². The van der Waals surface area contributed by atoms with Crippen LogP contribution in [-0.4, -0.2) is 40.2 Å². The predicted molar refractivity (Wildman–Crippen MR) is 122 cm³/mol. The van der Waals surface area contributed by atoms with Gasteiger partial charge in [-0.05, 0) is 82.7 Å². The number of anilines is 1. The second-order valence-corrected chi connectivity index (χ2v) is 8.87. The molecule has 156 valence electrons. The van der Waals surface area contributed by atoms with Gasteiger partial charge < -0.3 is 15.2 Å². The van der Waals surface area contributed by atoms with E-state index in [9.17, 15) is 19.5 Å². The van der Waals surface area contributed by atoms with Crippen molar-refractivity contribution in [2.24, 2.45) is 0 Å². The van der Waals surface area contributed by atoms with E-state index in [0.29, 0.717) is 22.3 Å². The van der Waals surface area contributed by atoms with Crippen molar-refractivity contribution in [3.05, 3.63) is 55.8 Å². The Morgan fingerprint density at radius 3 is 2.60 bits per heavy atom. The minimum Gasteiger partial charge on any atom is -0.503 e. The third-order valence-electron chi connectivity index (χ3n) is 3.95. The number of carbonyl (C=O) groups excluding carboxylic acids is 3. The Kier molecular flexibility index (Phi) is 7.22. The van der Waals surface area contributed by atoms with Crippen LogP contribution >= 0.6 is 43.6 Å². The van der Waals surface area contributed by atoms with Crippen molar-refractivity contribution in [3.8, 4) is 11.5 Å². The Morgan fingerprint density at radius 2 is 1.93 bits per heavy atom. The van der Waals surface area contributed by atoms with Gasteiger partial charge in [0.05, 0.1) is 16.0 Å². The van der Waals surface area contributed by atoms with Crippen molar-refractivity contribution in [2.45, 2.75) is 6.92 Å². The molecule has 30 heavy (non-hydrogen) atoms. The molecule has 2 aromatic carbocycles. The molecule has 0 saturated carbocycles. The Morgan fingerprint density at radius 1 is 1.23 bits per heavy atom. The number of phenolic OH excluding ortho intramolecular Hbond substituents is 1. The molecule has 2 aromatic rings. The second-order valence-electron chi connectivity index (χ2n) is 6.11. The number of imide groups is 1. The van der Waals surface area contributed by atoms with Crippen LogP contribution in [0.2, 0.25) is 0 Å². The van der Waals surface area contributed by atoms with E-state index in [0.717, 1.165) is 21.1 Å². The zero-order chi connectivity index (χ0) is 21.8. The van der Waals surface area contributed by atoms with Crippen molar-refractivity contribution in [3.63, 3.8) is 0 Å². The fraction of sp³-hybridized carbons (Fsp3) is 0.150. The predicted octanol–water partition coefficient (Wildman–Crippen LogP) is 4.99. The van der Waals surface area contributed by atoms with Gasteiger partial charge in [-0.25, -0.2) is 0 Å². The van der Waals surface area contributed by atoms with E-state index in [1.54, 1.807) is 43.3 Å². The maximum atomic E-state index is 12.7. The average molecular weight is 556 g/mol. The lowest BCUT2D eigenvalue weighted by atomic mass is 10.2. The van der Waals surface area contributed by atoms with Gasteiger partial charge in [-0.15, -0.1) is 0 Å². The SMILES string of the molecule is CCOc1cc(/C=C2/SC(=O)N(CC(=O)Nc3ccc(Br)cc3)C2=O)cc(Br)c1O. The molecule has 0 spiro atoms. The van der Waals surface area contributed by atoms with Crippen molar-refractivity contribution in [1.29, 1.82) is 0 Å².